The Morgan fingerprint density at radius 1 is 0.969 bits per heavy atom. The predicted molar refractivity (Wildman–Crippen MR) is 128 cm³/mol. The van der Waals surface area contributed by atoms with E-state index in [2.05, 4.69) is 5.32 Å². The largest absolute Gasteiger partial charge is 0.494 e. The first kappa shape index (κ1) is 21.9. The molecule has 32 heavy (non-hydrogen) atoms. The summed E-state index contributed by atoms with van der Waals surface area (Å²) in [6, 6.07) is 21.6. The summed E-state index contributed by atoms with van der Waals surface area (Å²) in [4.78, 5) is 25.9. The highest BCUT2D eigenvalue weighted by molar-refractivity contribution is 6.51. The molecule has 1 heterocycles. The molecule has 0 spiro atoms. The number of rotatable bonds is 7. The van der Waals surface area contributed by atoms with Crippen LogP contribution < -0.4 is 10.1 Å². The Morgan fingerprint density at radius 2 is 1.69 bits per heavy atom. The molecular weight excluding hydrogens is 447 g/mol. The summed E-state index contributed by atoms with van der Waals surface area (Å²) in [6.45, 7) is 2.76. The lowest BCUT2D eigenvalue weighted by atomic mass is 10.1. The van der Waals surface area contributed by atoms with Crippen molar-refractivity contribution in [1.82, 2.24) is 4.57 Å². The highest BCUT2D eigenvalue weighted by Gasteiger charge is 2.27. The van der Waals surface area contributed by atoms with Crippen molar-refractivity contribution in [3.8, 4) is 5.75 Å². The third kappa shape index (κ3) is 4.49. The minimum atomic E-state index is -0.759. The number of carbonyl (C=O) groups is 2. The van der Waals surface area contributed by atoms with Crippen LogP contribution in [0.1, 0.15) is 22.8 Å². The van der Waals surface area contributed by atoms with Gasteiger partial charge in [0.25, 0.3) is 11.7 Å². The summed E-state index contributed by atoms with van der Waals surface area (Å²) in [5.41, 5.74) is 2.35. The number of para-hydroxylation sites is 1. The zero-order valence-corrected chi connectivity index (χ0v) is 18.8. The summed E-state index contributed by atoms with van der Waals surface area (Å²) in [7, 11) is 0. The second kappa shape index (κ2) is 9.47. The summed E-state index contributed by atoms with van der Waals surface area (Å²) >= 11 is 12.7. The van der Waals surface area contributed by atoms with Gasteiger partial charge in [-0.25, -0.2) is 0 Å². The minimum absolute atomic E-state index is 0.144. The van der Waals surface area contributed by atoms with Crippen molar-refractivity contribution in [2.45, 2.75) is 13.5 Å². The number of fused-ring (bicyclic) bond motifs is 1. The van der Waals surface area contributed by atoms with Crippen molar-refractivity contribution in [3.63, 3.8) is 0 Å². The Bertz CT molecular complexity index is 1280. The van der Waals surface area contributed by atoms with Gasteiger partial charge in [0.05, 0.1) is 17.7 Å². The maximum absolute atomic E-state index is 13.2. The van der Waals surface area contributed by atoms with Crippen LogP contribution in [0.2, 0.25) is 10.2 Å². The van der Waals surface area contributed by atoms with Gasteiger partial charge < -0.3 is 14.6 Å². The normalized spacial score (nSPS) is 10.8. The fraction of sp³-hybridized carbons (Fsp3) is 0.120. The smallest absolute Gasteiger partial charge is 0.296 e. The molecule has 0 aliphatic carbocycles. The molecule has 0 fully saturated rings. The van der Waals surface area contributed by atoms with Gasteiger partial charge in [-0.05, 0) is 55.0 Å². The Morgan fingerprint density at radius 3 is 2.38 bits per heavy atom. The average molecular weight is 467 g/mol. The van der Waals surface area contributed by atoms with E-state index in [1.807, 2.05) is 37.3 Å². The van der Waals surface area contributed by atoms with E-state index in [9.17, 15) is 9.59 Å². The highest BCUT2D eigenvalue weighted by Crippen LogP contribution is 2.34. The van der Waals surface area contributed by atoms with Crippen molar-refractivity contribution < 1.29 is 14.3 Å². The number of hydrogen-bond donors (Lipinski definition) is 1. The van der Waals surface area contributed by atoms with Gasteiger partial charge in [0.2, 0.25) is 0 Å². The van der Waals surface area contributed by atoms with E-state index in [4.69, 9.17) is 27.9 Å². The van der Waals surface area contributed by atoms with E-state index >= 15 is 0 Å². The van der Waals surface area contributed by atoms with Crippen LogP contribution in [-0.4, -0.2) is 22.9 Å². The van der Waals surface area contributed by atoms with Crippen molar-refractivity contribution in [2.24, 2.45) is 0 Å². The average Bonchev–Trinajstić information content (AvgIpc) is 3.06. The van der Waals surface area contributed by atoms with E-state index in [0.717, 1.165) is 11.1 Å². The lowest BCUT2D eigenvalue weighted by Crippen LogP contribution is -2.23. The van der Waals surface area contributed by atoms with Crippen LogP contribution in [0.15, 0.2) is 72.8 Å². The van der Waals surface area contributed by atoms with Crippen molar-refractivity contribution in [1.29, 1.82) is 0 Å². The van der Waals surface area contributed by atoms with Crippen molar-refractivity contribution in [2.75, 3.05) is 11.9 Å². The molecule has 162 valence electrons. The van der Waals surface area contributed by atoms with E-state index < -0.39 is 11.7 Å². The molecule has 0 unspecified atom stereocenters. The monoisotopic (exact) mass is 466 g/mol. The number of carbonyl (C=O) groups excluding carboxylic acids is 2. The van der Waals surface area contributed by atoms with Crippen LogP contribution in [0.4, 0.5) is 5.69 Å². The maximum atomic E-state index is 13.2. The van der Waals surface area contributed by atoms with Gasteiger partial charge in [0, 0.05) is 22.6 Å². The number of nitrogens with one attached hydrogen (secondary N) is 1. The molecule has 4 rings (SSSR count). The molecule has 0 saturated carbocycles. The molecule has 5 nitrogen and oxygen atoms in total. The number of nitrogens with zero attached hydrogens (tertiary/aromatic N) is 1. The van der Waals surface area contributed by atoms with Crippen molar-refractivity contribution in [3.05, 3.63) is 94.1 Å². The molecule has 1 N–H and O–H groups in total. The molecule has 1 aromatic heterocycles. The van der Waals surface area contributed by atoms with E-state index in [1.54, 1.807) is 47.0 Å². The Labute approximate surface area is 195 Å². The first-order chi connectivity index (χ1) is 15.5. The van der Waals surface area contributed by atoms with E-state index in [0.29, 0.717) is 35.0 Å². The Balaban J connectivity index is 1.78. The second-order valence-electron chi connectivity index (χ2n) is 7.14. The van der Waals surface area contributed by atoms with E-state index in [1.165, 1.54) is 0 Å². The van der Waals surface area contributed by atoms with Crippen molar-refractivity contribution >= 4 is 51.5 Å². The molecule has 0 aliphatic heterocycles. The zero-order chi connectivity index (χ0) is 22.7. The lowest BCUT2D eigenvalue weighted by Gasteiger charge is -2.08. The molecule has 1 amide bonds. The molecule has 0 atom stereocenters. The number of Topliss-reactive ketones (excluding diaryl/α,β-unsaturated/α-hetero) is 1. The van der Waals surface area contributed by atoms with Crippen LogP contribution in [0.5, 0.6) is 5.75 Å². The summed E-state index contributed by atoms with van der Waals surface area (Å²) in [5, 5.41) is 4.02. The molecule has 3 aromatic carbocycles. The number of ketones is 1. The standard InChI is InChI=1S/C25H20Cl2N2O3/c1-2-32-19-12-13-21-20(14-19)22(23(30)25(31)28-18-6-4-3-5-7-18)24(27)29(21)15-16-8-10-17(26)11-9-16/h3-14H,2,15H2,1H3,(H,28,31). The third-order valence-electron chi connectivity index (χ3n) is 5.00. The molecule has 0 bridgehead atoms. The SMILES string of the molecule is CCOc1ccc2c(c1)c(C(=O)C(=O)Nc1ccccc1)c(Cl)n2Cc1ccc(Cl)cc1. The van der Waals surface area contributed by atoms with Crippen LogP contribution in [0.25, 0.3) is 10.9 Å². The Kier molecular flexibility index (Phi) is 6.49. The van der Waals surface area contributed by atoms with Gasteiger partial charge in [-0.2, -0.15) is 0 Å². The topological polar surface area (TPSA) is 60.3 Å². The number of amides is 1. The number of benzene rings is 3. The summed E-state index contributed by atoms with van der Waals surface area (Å²) < 4.78 is 7.41. The molecule has 7 heteroatoms. The summed E-state index contributed by atoms with van der Waals surface area (Å²) in [6.07, 6.45) is 0. The third-order valence-corrected chi connectivity index (χ3v) is 5.65. The fourth-order valence-electron chi connectivity index (χ4n) is 3.52. The first-order valence-corrected chi connectivity index (χ1v) is 10.8. The lowest BCUT2D eigenvalue weighted by molar-refractivity contribution is -0.112. The van der Waals surface area contributed by atoms with Crippen LogP contribution >= 0.6 is 23.2 Å². The number of hydrogen-bond acceptors (Lipinski definition) is 3. The quantitative estimate of drug-likeness (QED) is 0.260. The van der Waals surface area contributed by atoms with Gasteiger partial charge in [-0.3, -0.25) is 9.59 Å². The predicted octanol–water partition coefficient (Wildman–Crippen LogP) is 6.22. The molecule has 0 saturated heterocycles. The van der Waals surface area contributed by atoms with E-state index in [-0.39, 0.29) is 10.7 Å². The van der Waals surface area contributed by atoms with Gasteiger partial charge in [-0.15, -0.1) is 0 Å². The van der Waals surface area contributed by atoms with Gasteiger partial charge in [-0.1, -0.05) is 53.5 Å². The van der Waals surface area contributed by atoms with Crippen LogP contribution in [0.3, 0.4) is 0 Å². The zero-order valence-electron chi connectivity index (χ0n) is 17.3. The molecule has 4 aromatic rings. The molecule has 0 aliphatic rings. The van der Waals surface area contributed by atoms with Crippen LogP contribution in [-0.2, 0) is 11.3 Å². The van der Waals surface area contributed by atoms with Gasteiger partial charge >= 0.3 is 0 Å². The van der Waals surface area contributed by atoms with Gasteiger partial charge in [0.1, 0.15) is 10.9 Å². The number of aromatic nitrogens is 1. The van der Waals surface area contributed by atoms with Gasteiger partial charge in [0.15, 0.2) is 0 Å². The highest BCUT2D eigenvalue weighted by atomic mass is 35.5. The Hall–Kier alpha value is -3.28. The molecular formula is C25H20Cl2N2O3. The maximum Gasteiger partial charge on any atom is 0.296 e. The fourth-order valence-corrected chi connectivity index (χ4v) is 3.99. The second-order valence-corrected chi connectivity index (χ2v) is 7.93. The first-order valence-electron chi connectivity index (χ1n) is 10.1. The van der Waals surface area contributed by atoms with Crippen LogP contribution in [0, 0.1) is 0 Å². The minimum Gasteiger partial charge on any atom is -0.494 e. The summed E-state index contributed by atoms with van der Waals surface area (Å²) in [5.74, 6) is -0.879. The number of anilines is 1. The number of halogens is 2. The molecule has 0 radical (unpaired) electrons. The number of ether oxygens (including phenoxy) is 1.